The van der Waals surface area contributed by atoms with Gasteiger partial charge < -0.3 is 19.7 Å². The SMILES string of the molecule is CCC(C(=O)NC)N(Cc1ccc(Cl)cc1Cl)C(=O)CN(c1cc(OC)ccc1OC)S(=O)(=O)c1ccc(C)cc1. The molecule has 0 spiro atoms. The molecule has 41 heavy (non-hydrogen) atoms. The minimum atomic E-state index is -4.30. The van der Waals surface area contributed by atoms with E-state index in [1.165, 1.54) is 50.4 Å². The van der Waals surface area contributed by atoms with Crippen LogP contribution >= 0.6 is 23.2 Å². The molecule has 0 bridgehead atoms. The zero-order valence-corrected chi connectivity index (χ0v) is 25.8. The molecule has 3 rings (SSSR count). The van der Waals surface area contributed by atoms with Gasteiger partial charge in [0.05, 0.1) is 24.8 Å². The Kier molecular flexibility index (Phi) is 10.9. The zero-order valence-electron chi connectivity index (χ0n) is 23.5. The van der Waals surface area contributed by atoms with Crippen molar-refractivity contribution < 1.29 is 27.5 Å². The van der Waals surface area contributed by atoms with Crippen molar-refractivity contribution >= 4 is 50.7 Å². The molecule has 220 valence electrons. The highest BCUT2D eigenvalue weighted by Crippen LogP contribution is 2.36. The Morgan fingerprint density at radius 3 is 2.22 bits per heavy atom. The van der Waals surface area contributed by atoms with Crippen molar-refractivity contribution in [2.45, 2.75) is 37.8 Å². The third-order valence-electron chi connectivity index (χ3n) is 6.53. The number of ether oxygens (including phenoxy) is 2. The van der Waals surface area contributed by atoms with Gasteiger partial charge in [0.2, 0.25) is 11.8 Å². The number of nitrogens with one attached hydrogen (secondary N) is 1. The number of methoxy groups -OCH3 is 2. The fraction of sp³-hybridized carbons (Fsp3) is 0.310. The van der Waals surface area contributed by atoms with E-state index in [1.807, 2.05) is 6.92 Å². The van der Waals surface area contributed by atoms with E-state index in [0.29, 0.717) is 21.4 Å². The number of carbonyl (C=O) groups is 2. The number of amides is 2. The van der Waals surface area contributed by atoms with E-state index >= 15 is 0 Å². The molecule has 0 aliphatic heterocycles. The first-order chi connectivity index (χ1) is 19.5. The standard InChI is InChI=1S/C29H33Cl2N3O6S/c1-6-25(29(36)32-3)33(17-20-9-10-21(30)15-24(20)31)28(35)18-34(26-16-22(39-4)11-14-27(26)40-5)41(37,38)23-12-7-19(2)8-13-23/h7-16,25H,6,17-18H2,1-5H3,(H,32,36). The lowest BCUT2D eigenvalue weighted by molar-refractivity contribution is -0.140. The van der Waals surface area contributed by atoms with Gasteiger partial charge in [0.15, 0.2) is 0 Å². The van der Waals surface area contributed by atoms with E-state index in [4.69, 9.17) is 32.7 Å². The van der Waals surface area contributed by atoms with Gasteiger partial charge in [-0.2, -0.15) is 0 Å². The summed E-state index contributed by atoms with van der Waals surface area (Å²) in [5, 5.41) is 3.30. The van der Waals surface area contributed by atoms with Crippen molar-refractivity contribution in [1.29, 1.82) is 0 Å². The lowest BCUT2D eigenvalue weighted by atomic mass is 10.1. The molecule has 0 saturated heterocycles. The number of aryl methyl sites for hydroxylation is 1. The Bertz CT molecular complexity index is 1500. The van der Waals surface area contributed by atoms with Crippen LogP contribution in [-0.4, -0.2) is 59.0 Å². The molecule has 2 amide bonds. The maximum atomic E-state index is 14.1. The molecule has 9 nitrogen and oxygen atoms in total. The quantitative estimate of drug-likeness (QED) is 0.303. The second kappa shape index (κ2) is 13.9. The molecule has 1 unspecified atom stereocenters. The van der Waals surface area contributed by atoms with Gasteiger partial charge in [-0.3, -0.25) is 13.9 Å². The van der Waals surface area contributed by atoms with Gasteiger partial charge in [-0.05, 0) is 55.3 Å². The second-order valence-corrected chi connectivity index (χ2v) is 11.9. The van der Waals surface area contributed by atoms with Crippen LogP contribution in [0.4, 0.5) is 5.69 Å². The summed E-state index contributed by atoms with van der Waals surface area (Å²) in [7, 11) is 0.0216. The maximum Gasteiger partial charge on any atom is 0.264 e. The summed E-state index contributed by atoms with van der Waals surface area (Å²) < 4.78 is 40.0. The fourth-order valence-corrected chi connectivity index (χ4v) is 6.15. The van der Waals surface area contributed by atoms with Crippen LogP contribution in [0.5, 0.6) is 11.5 Å². The van der Waals surface area contributed by atoms with Crippen LogP contribution in [0.1, 0.15) is 24.5 Å². The minimum Gasteiger partial charge on any atom is -0.497 e. The van der Waals surface area contributed by atoms with Crippen molar-refractivity contribution in [3.63, 3.8) is 0 Å². The maximum absolute atomic E-state index is 14.1. The average molecular weight is 623 g/mol. The third kappa shape index (κ3) is 7.44. The van der Waals surface area contributed by atoms with Gasteiger partial charge in [-0.25, -0.2) is 8.42 Å². The number of sulfonamides is 1. The molecule has 0 saturated carbocycles. The monoisotopic (exact) mass is 621 g/mol. The number of halogens is 2. The van der Waals surface area contributed by atoms with Gasteiger partial charge in [0.1, 0.15) is 24.1 Å². The van der Waals surface area contributed by atoms with Crippen LogP contribution in [0.15, 0.2) is 65.6 Å². The van der Waals surface area contributed by atoms with E-state index in [0.717, 1.165) is 9.87 Å². The van der Waals surface area contributed by atoms with Gasteiger partial charge in [0.25, 0.3) is 10.0 Å². The zero-order chi connectivity index (χ0) is 30.3. The molecule has 3 aromatic carbocycles. The summed E-state index contributed by atoms with van der Waals surface area (Å²) in [5.41, 5.74) is 1.50. The molecule has 0 fully saturated rings. The van der Waals surface area contributed by atoms with Crippen LogP contribution in [-0.2, 0) is 26.2 Å². The largest absolute Gasteiger partial charge is 0.497 e. The molecule has 0 aliphatic rings. The lowest BCUT2D eigenvalue weighted by Gasteiger charge is -2.33. The molecule has 12 heteroatoms. The van der Waals surface area contributed by atoms with Gasteiger partial charge in [0, 0.05) is 29.7 Å². The average Bonchev–Trinajstić information content (AvgIpc) is 2.96. The molecule has 0 radical (unpaired) electrons. The Hall–Kier alpha value is -3.47. The normalized spacial score (nSPS) is 11.9. The predicted octanol–water partition coefficient (Wildman–Crippen LogP) is 5.07. The Morgan fingerprint density at radius 1 is 0.976 bits per heavy atom. The van der Waals surface area contributed by atoms with Gasteiger partial charge in [-0.1, -0.05) is 53.9 Å². The van der Waals surface area contributed by atoms with Crippen LogP contribution in [0.2, 0.25) is 10.0 Å². The summed E-state index contributed by atoms with van der Waals surface area (Å²) >= 11 is 12.5. The lowest BCUT2D eigenvalue weighted by Crippen LogP contribution is -2.51. The fourth-order valence-electron chi connectivity index (χ4n) is 4.26. The third-order valence-corrected chi connectivity index (χ3v) is 8.89. The number of carbonyl (C=O) groups excluding carboxylic acids is 2. The minimum absolute atomic E-state index is 0.0218. The summed E-state index contributed by atoms with van der Waals surface area (Å²) in [6, 6.07) is 14.9. The molecule has 0 heterocycles. The van der Waals surface area contributed by atoms with Crippen LogP contribution in [0.25, 0.3) is 0 Å². The van der Waals surface area contributed by atoms with Gasteiger partial charge >= 0.3 is 0 Å². The van der Waals surface area contributed by atoms with Crippen LogP contribution < -0.4 is 19.1 Å². The van der Waals surface area contributed by atoms with Crippen molar-refractivity contribution in [3.05, 3.63) is 81.8 Å². The highest BCUT2D eigenvalue weighted by Gasteiger charge is 2.35. The number of nitrogens with zero attached hydrogens (tertiary/aromatic N) is 2. The number of hydrogen-bond acceptors (Lipinski definition) is 6. The van der Waals surface area contributed by atoms with Gasteiger partial charge in [-0.15, -0.1) is 0 Å². The first kappa shape index (κ1) is 32.0. The molecular weight excluding hydrogens is 589 g/mol. The van der Waals surface area contributed by atoms with Crippen molar-refractivity contribution in [2.24, 2.45) is 0 Å². The van der Waals surface area contributed by atoms with Crippen LogP contribution in [0.3, 0.4) is 0 Å². The number of hydrogen-bond donors (Lipinski definition) is 1. The first-order valence-corrected chi connectivity index (χ1v) is 14.9. The van der Waals surface area contributed by atoms with E-state index in [-0.39, 0.29) is 29.3 Å². The van der Waals surface area contributed by atoms with Crippen molar-refractivity contribution in [2.75, 3.05) is 32.1 Å². The van der Waals surface area contributed by atoms with Crippen LogP contribution in [0, 0.1) is 6.92 Å². The van der Waals surface area contributed by atoms with E-state index in [1.54, 1.807) is 43.3 Å². The highest BCUT2D eigenvalue weighted by molar-refractivity contribution is 7.92. The number of rotatable bonds is 12. The molecule has 3 aromatic rings. The molecule has 1 N–H and O–H groups in total. The Morgan fingerprint density at radius 2 is 1.66 bits per heavy atom. The van der Waals surface area contributed by atoms with E-state index in [9.17, 15) is 18.0 Å². The second-order valence-electron chi connectivity index (χ2n) is 9.16. The molecule has 1 atom stereocenters. The smallest absolute Gasteiger partial charge is 0.264 e. The predicted molar refractivity (Wildman–Crippen MR) is 160 cm³/mol. The summed E-state index contributed by atoms with van der Waals surface area (Å²) in [4.78, 5) is 28.3. The Labute approximate surface area is 251 Å². The summed E-state index contributed by atoms with van der Waals surface area (Å²) in [6.45, 7) is 2.90. The number of likely N-dealkylation sites (N-methyl/N-ethyl adjacent to an activating group) is 1. The topological polar surface area (TPSA) is 105 Å². The number of anilines is 1. The molecule has 0 aromatic heterocycles. The van der Waals surface area contributed by atoms with Crippen molar-refractivity contribution in [3.8, 4) is 11.5 Å². The Balaban J connectivity index is 2.17. The summed E-state index contributed by atoms with van der Waals surface area (Å²) in [5.74, 6) is -0.469. The summed E-state index contributed by atoms with van der Waals surface area (Å²) in [6.07, 6.45) is 0.268. The molecule has 0 aliphatic carbocycles. The molecular formula is C29H33Cl2N3O6S. The van der Waals surface area contributed by atoms with E-state index in [2.05, 4.69) is 5.32 Å². The van der Waals surface area contributed by atoms with Crippen molar-refractivity contribution in [1.82, 2.24) is 10.2 Å². The number of benzene rings is 3. The first-order valence-electron chi connectivity index (χ1n) is 12.7. The van der Waals surface area contributed by atoms with E-state index < -0.39 is 34.4 Å². The highest BCUT2D eigenvalue weighted by atomic mass is 35.5.